The van der Waals surface area contributed by atoms with Gasteiger partial charge in [0.15, 0.2) is 0 Å². The van der Waals surface area contributed by atoms with Gasteiger partial charge in [0, 0.05) is 18.0 Å². The zero-order chi connectivity index (χ0) is 16.4. The van der Waals surface area contributed by atoms with Crippen LogP contribution in [0, 0.1) is 5.92 Å². The van der Waals surface area contributed by atoms with Crippen molar-refractivity contribution < 1.29 is 19.1 Å². The third-order valence-electron chi connectivity index (χ3n) is 4.54. The summed E-state index contributed by atoms with van der Waals surface area (Å²) in [6.45, 7) is 0. The number of benzene rings is 1. The van der Waals surface area contributed by atoms with Crippen molar-refractivity contribution in [1.82, 2.24) is 5.32 Å². The SMILES string of the molecule is COC(=O)C1(NC(=O)CCC2Cc3ccccc3NC2=O)CC1. The molecular formula is C17H20N2O4. The Balaban J connectivity index is 1.54. The molecule has 1 heterocycles. The van der Waals surface area contributed by atoms with Crippen LogP contribution in [0.4, 0.5) is 5.69 Å². The molecule has 1 aliphatic heterocycles. The minimum atomic E-state index is -0.826. The Morgan fingerprint density at radius 1 is 1.35 bits per heavy atom. The van der Waals surface area contributed by atoms with Crippen LogP contribution in [0.3, 0.4) is 0 Å². The van der Waals surface area contributed by atoms with Crippen LogP contribution in [0.15, 0.2) is 24.3 Å². The van der Waals surface area contributed by atoms with Crippen LogP contribution >= 0.6 is 0 Å². The van der Waals surface area contributed by atoms with Gasteiger partial charge < -0.3 is 15.4 Å². The molecule has 1 aromatic rings. The summed E-state index contributed by atoms with van der Waals surface area (Å²) in [5, 5.41) is 5.62. The average Bonchev–Trinajstić information content (AvgIpc) is 3.32. The van der Waals surface area contributed by atoms with Crippen LogP contribution in [0.1, 0.15) is 31.2 Å². The normalized spacial score (nSPS) is 20.9. The second-order valence-corrected chi connectivity index (χ2v) is 6.21. The van der Waals surface area contributed by atoms with E-state index in [0.717, 1.165) is 11.3 Å². The van der Waals surface area contributed by atoms with Gasteiger partial charge in [0.05, 0.1) is 7.11 Å². The summed E-state index contributed by atoms with van der Waals surface area (Å²) >= 11 is 0. The van der Waals surface area contributed by atoms with E-state index in [1.54, 1.807) is 0 Å². The standard InChI is InChI=1S/C17H20N2O4/c1-23-16(22)17(8-9-17)19-14(20)7-6-12-10-11-4-2-3-5-13(11)18-15(12)21/h2-5,12H,6-10H2,1H3,(H,18,21)(H,19,20). The van der Waals surface area contributed by atoms with Crippen molar-refractivity contribution in [2.75, 3.05) is 12.4 Å². The summed E-state index contributed by atoms with van der Waals surface area (Å²) in [5.41, 5.74) is 1.11. The van der Waals surface area contributed by atoms with Gasteiger partial charge in [-0.1, -0.05) is 18.2 Å². The number of nitrogens with one attached hydrogen (secondary N) is 2. The van der Waals surface area contributed by atoms with E-state index >= 15 is 0 Å². The number of amides is 2. The molecule has 1 aromatic carbocycles. The number of hydrogen-bond acceptors (Lipinski definition) is 4. The van der Waals surface area contributed by atoms with Gasteiger partial charge in [-0.2, -0.15) is 0 Å². The Labute approximate surface area is 134 Å². The largest absolute Gasteiger partial charge is 0.467 e. The molecule has 0 radical (unpaired) electrons. The number of methoxy groups -OCH3 is 1. The maximum atomic E-state index is 12.1. The van der Waals surface area contributed by atoms with Crippen molar-refractivity contribution in [1.29, 1.82) is 0 Å². The number of esters is 1. The number of carbonyl (C=O) groups is 3. The van der Waals surface area contributed by atoms with E-state index in [2.05, 4.69) is 10.6 Å². The molecule has 122 valence electrons. The fourth-order valence-electron chi connectivity index (χ4n) is 2.98. The zero-order valence-electron chi connectivity index (χ0n) is 13.1. The predicted molar refractivity (Wildman–Crippen MR) is 83.6 cm³/mol. The van der Waals surface area contributed by atoms with Gasteiger partial charge in [0.1, 0.15) is 5.54 Å². The Morgan fingerprint density at radius 2 is 2.09 bits per heavy atom. The Kier molecular flexibility index (Phi) is 4.07. The highest BCUT2D eigenvalue weighted by molar-refractivity contribution is 5.96. The second-order valence-electron chi connectivity index (χ2n) is 6.21. The van der Waals surface area contributed by atoms with Gasteiger partial charge in [0.25, 0.3) is 0 Å². The third-order valence-corrected chi connectivity index (χ3v) is 4.54. The van der Waals surface area contributed by atoms with Crippen LogP contribution < -0.4 is 10.6 Å². The van der Waals surface area contributed by atoms with Crippen LogP contribution in [0.5, 0.6) is 0 Å². The summed E-state index contributed by atoms with van der Waals surface area (Å²) in [4.78, 5) is 35.8. The Hall–Kier alpha value is -2.37. The van der Waals surface area contributed by atoms with Gasteiger partial charge in [-0.15, -0.1) is 0 Å². The molecule has 2 N–H and O–H groups in total. The number of fused-ring (bicyclic) bond motifs is 1. The molecule has 2 aliphatic rings. The molecule has 0 bridgehead atoms. The third kappa shape index (κ3) is 3.21. The quantitative estimate of drug-likeness (QED) is 0.804. The maximum Gasteiger partial charge on any atom is 0.331 e. The smallest absolute Gasteiger partial charge is 0.331 e. The van der Waals surface area contributed by atoms with Gasteiger partial charge >= 0.3 is 5.97 Å². The number of ether oxygens (including phenoxy) is 1. The molecule has 0 saturated heterocycles. The first-order valence-corrected chi connectivity index (χ1v) is 7.82. The number of anilines is 1. The van der Waals surface area contributed by atoms with Crippen LogP contribution in [0.25, 0.3) is 0 Å². The van der Waals surface area contributed by atoms with E-state index in [1.807, 2.05) is 24.3 Å². The first-order valence-electron chi connectivity index (χ1n) is 7.82. The van der Waals surface area contributed by atoms with E-state index in [4.69, 9.17) is 4.74 Å². The van der Waals surface area contributed by atoms with Crippen molar-refractivity contribution in [3.05, 3.63) is 29.8 Å². The molecule has 1 saturated carbocycles. The second kappa shape index (κ2) is 6.02. The summed E-state index contributed by atoms with van der Waals surface area (Å²) in [7, 11) is 1.32. The molecule has 1 aliphatic carbocycles. The van der Waals surface area contributed by atoms with Crippen molar-refractivity contribution in [2.24, 2.45) is 5.92 Å². The first-order chi connectivity index (χ1) is 11.0. The minimum absolute atomic E-state index is 0.0504. The van der Waals surface area contributed by atoms with Gasteiger partial charge in [-0.3, -0.25) is 9.59 Å². The molecule has 0 spiro atoms. The fraction of sp³-hybridized carbons (Fsp3) is 0.471. The van der Waals surface area contributed by atoms with E-state index in [-0.39, 0.29) is 24.2 Å². The monoisotopic (exact) mass is 316 g/mol. The summed E-state index contributed by atoms with van der Waals surface area (Å²) in [5.74, 6) is -0.871. The highest BCUT2D eigenvalue weighted by atomic mass is 16.5. The highest BCUT2D eigenvalue weighted by Crippen LogP contribution is 2.36. The Morgan fingerprint density at radius 3 is 2.78 bits per heavy atom. The molecule has 6 heteroatoms. The zero-order valence-corrected chi connectivity index (χ0v) is 13.1. The van der Waals surface area contributed by atoms with Gasteiger partial charge in [-0.25, -0.2) is 4.79 Å². The predicted octanol–water partition coefficient (Wildman–Crippen LogP) is 1.40. The average molecular weight is 316 g/mol. The Bertz CT molecular complexity index is 652. The molecule has 3 rings (SSSR count). The molecule has 6 nitrogen and oxygen atoms in total. The fourth-order valence-corrected chi connectivity index (χ4v) is 2.98. The van der Waals surface area contributed by atoms with E-state index < -0.39 is 11.5 Å². The first kappa shape index (κ1) is 15.5. The number of rotatable bonds is 5. The minimum Gasteiger partial charge on any atom is -0.467 e. The lowest BCUT2D eigenvalue weighted by atomic mass is 9.89. The lowest BCUT2D eigenvalue weighted by molar-refractivity contribution is -0.146. The lowest BCUT2D eigenvalue weighted by Crippen LogP contribution is -2.44. The lowest BCUT2D eigenvalue weighted by Gasteiger charge is -2.24. The maximum absolute atomic E-state index is 12.1. The molecular weight excluding hydrogens is 296 g/mol. The van der Waals surface area contributed by atoms with Gasteiger partial charge in [-0.05, 0) is 37.3 Å². The molecule has 2 amide bonds. The van der Waals surface area contributed by atoms with E-state index in [0.29, 0.717) is 25.7 Å². The van der Waals surface area contributed by atoms with Crippen molar-refractivity contribution in [2.45, 2.75) is 37.6 Å². The number of hydrogen-bond donors (Lipinski definition) is 2. The summed E-state index contributed by atoms with van der Waals surface area (Å²) < 4.78 is 4.71. The number of carbonyl (C=O) groups excluding carboxylic acids is 3. The van der Waals surface area contributed by atoms with E-state index in [9.17, 15) is 14.4 Å². The summed E-state index contributed by atoms with van der Waals surface area (Å²) in [6.07, 6.45) is 2.55. The molecule has 1 atom stereocenters. The molecule has 23 heavy (non-hydrogen) atoms. The topological polar surface area (TPSA) is 84.5 Å². The molecule has 0 aromatic heterocycles. The molecule has 1 fully saturated rings. The van der Waals surface area contributed by atoms with Crippen molar-refractivity contribution in [3.63, 3.8) is 0 Å². The van der Waals surface area contributed by atoms with Crippen molar-refractivity contribution >= 4 is 23.5 Å². The van der Waals surface area contributed by atoms with Crippen molar-refractivity contribution in [3.8, 4) is 0 Å². The number of para-hydroxylation sites is 1. The van der Waals surface area contributed by atoms with Crippen LogP contribution in [-0.2, 0) is 25.5 Å². The highest BCUT2D eigenvalue weighted by Gasteiger charge is 2.52. The summed E-state index contributed by atoms with van der Waals surface area (Å²) in [6, 6.07) is 7.68. The van der Waals surface area contributed by atoms with Gasteiger partial charge in [0.2, 0.25) is 11.8 Å². The van der Waals surface area contributed by atoms with Crippen LogP contribution in [-0.4, -0.2) is 30.4 Å². The van der Waals surface area contributed by atoms with E-state index in [1.165, 1.54) is 7.11 Å². The van der Waals surface area contributed by atoms with Crippen LogP contribution in [0.2, 0.25) is 0 Å². The molecule has 1 unspecified atom stereocenters.